The first-order valence-corrected chi connectivity index (χ1v) is 17.4. The molecule has 3 N–H and O–H groups in total. The van der Waals surface area contributed by atoms with Crippen LogP contribution < -0.4 is 0 Å². The molecule has 0 atom stereocenters. The summed E-state index contributed by atoms with van der Waals surface area (Å²) in [5.74, 6) is -2.30. The highest BCUT2D eigenvalue weighted by Gasteiger charge is 2.26. The summed E-state index contributed by atoms with van der Waals surface area (Å²) in [5, 5.41) is 27.1. The third kappa shape index (κ3) is 28.2. The number of rotatable bonds is 33. The molecule has 0 saturated carbocycles. The summed E-state index contributed by atoms with van der Waals surface area (Å²) < 4.78 is 0.870. The van der Waals surface area contributed by atoms with Gasteiger partial charge in [-0.3, -0.25) is 14.4 Å². The Bertz CT molecular complexity index is 638. The van der Waals surface area contributed by atoms with Crippen LogP contribution in [0.3, 0.4) is 0 Å². The summed E-state index contributed by atoms with van der Waals surface area (Å²) in [6.07, 6.45) is 30.5. The average Bonchev–Trinajstić information content (AvgIpc) is 2.94. The van der Waals surface area contributed by atoms with Crippen LogP contribution >= 0.6 is 0 Å². The van der Waals surface area contributed by atoms with Crippen molar-refractivity contribution in [2.24, 2.45) is 0 Å². The lowest BCUT2D eigenvalue weighted by atomic mass is 10.0. The van der Waals surface area contributed by atoms with Crippen LogP contribution in [0.2, 0.25) is 0 Å². The SMILES string of the molecule is C/C=C/CCCCCCCCCCCCCCCCC[N+](CCCCC(=O)O)(CCCCC(=O)O)CCCCC(=O)O. The number of carboxylic acids is 3. The van der Waals surface area contributed by atoms with E-state index in [1.165, 1.54) is 96.3 Å². The molecule has 246 valence electrons. The molecule has 0 heterocycles. The van der Waals surface area contributed by atoms with Crippen LogP contribution in [0.1, 0.15) is 167 Å². The van der Waals surface area contributed by atoms with Gasteiger partial charge in [-0.15, -0.1) is 0 Å². The smallest absolute Gasteiger partial charge is 0.303 e. The van der Waals surface area contributed by atoms with Gasteiger partial charge in [-0.1, -0.05) is 89.2 Å². The molecule has 7 nitrogen and oxygen atoms in total. The topological polar surface area (TPSA) is 112 Å². The minimum absolute atomic E-state index is 0.176. The van der Waals surface area contributed by atoms with Crippen molar-refractivity contribution in [2.45, 2.75) is 167 Å². The second kappa shape index (κ2) is 29.2. The van der Waals surface area contributed by atoms with Gasteiger partial charge in [0.1, 0.15) is 0 Å². The predicted octanol–water partition coefficient (Wildman–Crippen LogP) is 9.39. The van der Waals surface area contributed by atoms with Crippen molar-refractivity contribution in [1.29, 1.82) is 0 Å². The summed E-state index contributed by atoms with van der Waals surface area (Å²) in [6, 6.07) is 0. The van der Waals surface area contributed by atoms with E-state index in [0.29, 0.717) is 19.3 Å². The van der Waals surface area contributed by atoms with E-state index in [-0.39, 0.29) is 19.3 Å². The lowest BCUT2D eigenvalue weighted by molar-refractivity contribution is -0.929. The van der Waals surface area contributed by atoms with Crippen molar-refractivity contribution in [3.05, 3.63) is 12.2 Å². The van der Waals surface area contributed by atoms with Crippen molar-refractivity contribution in [1.82, 2.24) is 0 Å². The first-order chi connectivity index (χ1) is 20.3. The van der Waals surface area contributed by atoms with E-state index in [4.69, 9.17) is 15.3 Å². The van der Waals surface area contributed by atoms with Crippen LogP contribution in [0.5, 0.6) is 0 Å². The summed E-state index contributed by atoms with van der Waals surface area (Å²) in [4.78, 5) is 33.0. The quantitative estimate of drug-likeness (QED) is 0.0395. The second-order valence-electron chi connectivity index (χ2n) is 12.4. The zero-order chi connectivity index (χ0) is 31.2. The Hall–Kier alpha value is -1.89. The third-order valence-electron chi connectivity index (χ3n) is 8.56. The molecule has 0 amide bonds. The van der Waals surface area contributed by atoms with Gasteiger partial charge >= 0.3 is 17.9 Å². The van der Waals surface area contributed by atoms with Crippen LogP contribution in [0.4, 0.5) is 0 Å². The first kappa shape index (κ1) is 40.1. The molecule has 0 saturated heterocycles. The number of allylic oxidation sites excluding steroid dienone is 2. The van der Waals surface area contributed by atoms with Gasteiger partial charge in [0.2, 0.25) is 0 Å². The standard InChI is InChI=1S/C35H65NO6/c1-2-3-4-5-6-7-8-9-10-11-12-13-14-15-16-17-18-22-29-36(30-23-19-26-33(37)38,31-24-20-27-34(39)40)32-25-21-28-35(41)42/h2-3H,4-32H2,1H3,(H2-,37,38,39,40,41,42)/p+1/b3-2+. The fraction of sp³-hybridized carbons (Fsp3) is 0.857. The first-order valence-electron chi connectivity index (χ1n) is 17.4. The largest absolute Gasteiger partial charge is 0.481 e. The van der Waals surface area contributed by atoms with E-state index in [1.807, 2.05) is 0 Å². The molecule has 0 radical (unpaired) electrons. The summed E-state index contributed by atoms with van der Waals surface area (Å²) in [5.41, 5.74) is 0. The Balaban J connectivity index is 4.30. The molecule has 0 aromatic rings. The maximum Gasteiger partial charge on any atom is 0.303 e. The van der Waals surface area contributed by atoms with E-state index < -0.39 is 17.9 Å². The molecule has 0 aliphatic heterocycles. The maximum absolute atomic E-state index is 11.0. The van der Waals surface area contributed by atoms with E-state index in [2.05, 4.69) is 19.1 Å². The van der Waals surface area contributed by atoms with Gasteiger partial charge in [-0.05, 0) is 71.1 Å². The zero-order valence-electron chi connectivity index (χ0n) is 27.2. The van der Waals surface area contributed by atoms with Gasteiger partial charge in [0, 0.05) is 19.3 Å². The van der Waals surface area contributed by atoms with Crippen molar-refractivity contribution in [3.8, 4) is 0 Å². The predicted molar refractivity (Wildman–Crippen MR) is 173 cm³/mol. The lowest BCUT2D eigenvalue weighted by Gasteiger charge is -2.39. The van der Waals surface area contributed by atoms with Gasteiger partial charge in [-0.25, -0.2) is 0 Å². The van der Waals surface area contributed by atoms with Gasteiger partial charge in [0.05, 0.1) is 26.2 Å². The minimum atomic E-state index is -0.766. The van der Waals surface area contributed by atoms with Crippen LogP contribution in [-0.4, -0.2) is 63.9 Å². The molecule has 0 aromatic heterocycles. The zero-order valence-corrected chi connectivity index (χ0v) is 27.2. The lowest BCUT2D eigenvalue weighted by Crippen LogP contribution is -2.51. The molecule has 0 bridgehead atoms. The fourth-order valence-electron chi connectivity index (χ4n) is 6.02. The number of hydrogen-bond acceptors (Lipinski definition) is 3. The fourth-order valence-corrected chi connectivity index (χ4v) is 6.02. The van der Waals surface area contributed by atoms with Gasteiger partial charge in [0.25, 0.3) is 0 Å². The van der Waals surface area contributed by atoms with Gasteiger partial charge in [0.15, 0.2) is 0 Å². The molecule has 42 heavy (non-hydrogen) atoms. The van der Waals surface area contributed by atoms with Gasteiger partial charge in [-0.2, -0.15) is 0 Å². The maximum atomic E-state index is 11.0. The second-order valence-corrected chi connectivity index (χ2v) is 12.4. The molecule has 0 aromatic carbocycles. The average molecular weight is 597 g/mol. The van der Waals surface area contributed by atoms with Crippen molar-refractivity contribution >= 4 is 17.9 Å². The third-order valence-corrected chi connectivity index (χ3v) is 8.56. The molecule has 0 aliphatic rings. The Morgan fingerprint density at radius 3 is 0.976 bits per heavy atom. The van der Waals surface area contributed by atoms with E-state index in [0.717, 1.165) is 56.3 Å². The molecule has 7 heteroatoms. The molecular weight excluding hydrogens is 530 g/mol. The molecule has 0 unspecified atom stereocenters. The normalized spacial score (nSPS) is 11.8. The highest BCUT2D eigenvalue weighted by Crippen LogP contribution is 2.20. The number of unbranched alkanes of at least 4 members (excludes halogenated alkanes) is 18. The minimum Gasteiger partial charge on any atom is -0.481 e. The van der Waals surface area contributed by atoms with Crippen LogP contribution in [0.15, 0.2) is 12.2 Å². The number of carbonyl (C=O) groups is 3. The number of carboxylic acid groups (broad SMARTS) is 3. The van der Waals surface area contributed by atoms with E-state index >= 15 is 0 Å². The van der Waals surface area contributed by atoms with E-state index in [1.54, 1.807) is 0 Å². The van der Waals surface area contributed by atoms with Crippen molar-refractivity contribution < 1.29 is 34.2 Å². The highest BCUT2D eigenvalue weighted by molar-refractivity contribution is 5.67. The number of aliphatic carboxylic acids is 3. The summed E-state index contributed by atoms with van der Waals surface area (Å²) in [7, 11) is 0. The number of nitrogens with zero attached hydrogens (tertiary/aromatic N) is 1. The Morgan fingerprint density at radius 2 is 0.690 bits per heavy atom. The molecular formula is C35H66NO6+. The van der Waals surface area contributed by atoms with Crippen LogP contribution in [-0.2, 0) is 14.4 Å². The van der Waals surface area contributed by atoms with Crippen molar-refractivity contribution in [3.63, 3.8) is 0 Å². The molecule has 0 spiro atoms. The highest BCUT2D eigenvalue weighted by atomic mass is 16.4. The van der Waals surface area contributed by atoms with Crippen LogP contribution in [0, 0.1) is 0 Å². The van der Waals surface area contributed by atoms with Gasteiger partial charge < -0.3 is 19.8 Å². The van der Waals surface area contributed by atoms with Crippen molar-refractivity contribution in [2.75, 3.05) is 26.2 Å². The number of hydrogen-bond donors (Lipinski definition) is 3. The molecule has 0 aliphatic carbocycles. The Morgan fingerprint density at radius 1 is 0.429 bits per heavy atom. The Labute approximate surface area is 257 Å². The monoisotopic (exact) mass is 596 g/mol. The van der Waals surface area contributed by atoms with Crippen LogP contribution in [0.25, 0.3) is 0 Å². The molecule has 0 fully saturated rings. The number of quaternary nitrogens is 1. The summed E-state index contributed by atoms with van der Waals surface area (Å²) >= 11 is 0. The Kier molecular flexibility index (Phi) is 27.9. The molecule has 0 rings (SSSR count). The summed E-state index contributed by atoms with van der Waals surface area (Å²) in [6.45, 7) is 5.79. The van der Waals surface area contributed by atoms with E-state index in [9.17, 15) is 14.4 Å².